The van der Waals surface area contributed by atoms with Crippen molar-refractivity contribution in [3.05, 3.63) is 55.6 Å². The number of rotatable bonds is 5. The maximum absolute atomic E-state index is 6.19. The summed E-state index contributed by atoms with van der Waals surface area (Å²) in [6, 6.07) is 10.3. The fourth-order valence-electron chi connectivity index (χ4n) is 2.40. The lowest BCUT2D eigenvalue weighted by Gasteiger charge is -2.31. The fourth-order valence-corrected chi connectivity index (χ4v) is 4.04. The summed E-state index contributed by atoms with van der Waals surface area (Å²) in [5.41, 5.74) is 7.38. The van der Waals surface area contributed by atoms with Gasteiger partial charge in [0.15, 0.2) is 0 Å². The predicted molar refractivity (Wildman–Crippen MR) is 91.3 cm³/mol. The smallest absolute Gasteiger partial charge is 0.0497 e. The normalized spacial score (nSPS) is 14.5. The highest BCUT2D eigenvalue weighted by molar-refractivity contribution is 9.10. The van der Waals surface area contributed by atoms with Crippen molar-refractivity contribution in [1.29, 1.82) is 0 Å². The molecule has 2 atom stereocenters. The fraction of sp³-hybridized carbons (Fsp3) is 0.333. The van der Waals surface area contributed by atoms with E-state index in [0.717, 1.165) is 16.0 Å². The molecule has 1 heterocycles. The zero-order chi connectivity index (χ0) is 14.7. The minimum atomic E-state index is 0.0459. The molecule has 0 saturated carbocycles. The van der Waals surface area contributed by atoms with E-state index in [1.54, 1.807) is 11.3 Å². The van der Waals surface area contributed by atoms with Gasteiger partial charge in [0.05, 0.1) is 0 Å². The number of benzene rings is 1. The standard InChI is InChI=1S/C15H18BrClN2S/c1-10(18)15(11-3-5-13(17)6-4-11)19(2)8-14-7-12(16)9-20-14/h3-7,9-10,15H,8,18H2,1-2H3. The van der Waals surface area contributed by atoms with Crippen LogP contribution in [0.3, 0.4) is 0 Å². The van der Waals surface area contributed by atoms with Crippen molar-refractivity contribution in [1.82, 2.24) is 4.90 Å². The van der Waals surface area contributed by atoms with Crippen molar-refractivity contribution in [2.24, 2.45) is 5.73 Å². The molecule has 0 bridgehead atoms. The van der Waals surface area contributed by atoms with Gasteiger partial charge in [0.1, 0.15) is 0 Å². The van der Waals surface area contributed by atoms with Crippen LogP contribution in [-0.4, -0.2) is 18.0 Å². The molecule has 0 aliphatic heterocycles. The van der Waals surface area contributed by atoms with Crippen LogP contribution >= 0.6 is 38.9 Å². The Bertz CT molecular complexity index is 553. The summed E-state index contributed by atoms with van der Waals surface area (Å²) in [4.78, 5) is 3.60. The molecular weight excluding hydrogens is 356 g/mol. The summed E-state index contributed by atoms with van der Waals surface area (Å²) in [5.74, 6) is 0. The van der Waals surface area contributed by atoms with Crippen LogP contribution in [-0.2, 0) is 6.54 Å². The highest BCUT2D eigenvalue weighted by Crippen LogP contribution is 2.27. The number of likely N-dealkylation sites (N-methyl/N-ethyl adjacent to an activating group) is 1. The zero-order valence-corrected chi connectivity index (χ0v) is 14.7. The lowest BCUT2D eigenvalue weighted by molar-refractivity contribution is 0.212. The quantitative estimate of drug-likeness (QED) is 0.824. The molecule has 1 aromatic carbocycles. The summed E-state index contributed by atoms with van der Waals surface area (Å²) in [7, 11) is 2.11. The van der Waals surface area contributed by atoms with Crippen molar-refractivity contribution in [2.75, 3.05) is 7.05 Å². The van der Waals surface area contributed by atoms with E-state index in [1.165, 1.54) is 10.4 Å². The largest absolute Gasteiger partial charge is 0.326 e. The molecule has 0 saturated heterocycles. The molecule has 0 aliphatic carbocycles. The third kappa shape index (κ3) is 4.06. The van der Waals surface area contributed by atoms with E-state index in [9.17, 15) is 0 Å². The van der Waals surface area contributed by atoms with Crippen LogP contribution in [0, 0.1) is 0 Å². The number of hydrogen-bond donors (Lipinski definition) is 1. The number of halogens is 2. The predicted octanol–water partition coefficient (Wildman–Crippen LogP) is 4.68. The number of nitrogens with zero attached hydrogens (tertiary/aromatic N) is 1. The summed E-state index contributed by atoms with van der Waals surface area (Å²) < 4.78 is 1.13. The number of nitrogens with two attached hydrogens (primary N) is 1. The summed E-state index contributed by atoms with van der Waals surface area (Å²) in [5, 5.41) is 2.86. The van der Waals surface area contributed by atoms with Crippen molar-refractivity contribution >= 4 is 38.9 Å². The molecule has 0 radical (unpaired) electrons. The van der Waals surface area contributed by atoms with Crippen molar-refractivity contribution in [2.45, 2.75) is 25.6 Å². The molecular formula is C15H18BrClN2S. The molecule has 0 fully saturated rings. The highest BCUT2D eigenvalue weighted by Gasteiger charge is 2.21. The summed E-state index contributed by atoms with van der Waals surface area (Å²) in [6.07, 6.45) is 0. The lowest BCUT2D eigenvalue weighted by atomic mass is 9.99. The highest BCUT2D eigenvalue weighted by atomic mass is 79.9. The van der Waals surface area contributed by atoms with Gasteiger partial charge in [-0.2, -0.15) is 0 Å². The first-order valence-electron chi connectivity index (χ1n) is 6.41. The molecule has 0 spiro atoms. The molecule has 2 nitrogen and oxygen atoms in total. The molecule has 2 N–H and O–H groups in total. The summed E-state index contributed by atoms with van der Waals surface area (Å²) >= 11 is 11.2. The van der Waals surface area contributed by atoms with Crippen LogP contribution in [0.4, 0.5) is 0 Å². The molecule has 2 aromatic rings. The van der Waals surface area contributed by atoms with Crippen molar-refractivity contribution < 1.29 is 0 Å². The van der Waals surface area contributed by atoms with Crippen LogP contribution in [0.5, 0.6) is 0 Å². The van der Waals surface area contributed by atoms with Gasteiger partial charge in [0, 0.05) is 38.4 Å². The number of hydrogen-bond acceptors (Lipinski definition) is 3. The van der Waals surface area contributed by atoms with E-state index >= 15 is 0 Å². The summed E-state index contributed by atoms with van der Waals surface area (Å²) in [6.45, 7) is 2.92. The molecule has 108 valence electrons. The Morgan fingerprint density at radius 2 is 2.00 bits per heavy atom. The maximum Gasteiger partial charge on any atom is 0.0497 e. The zero-order valence-electron chi connectivity index (χ0n) is 11.5. The Hall–Kier alpha value is -0.390. The van der Waals surface area contributed by atoms with E-state index in [-0.39, 0.29) is 12.1 Å². The van der Waals surface area contributed by atoms with Gasteiger partial charge in [-0.1, -0.05) is 23.7 Å². The monoisotopic (exact) mass is 372 g/mol. The average Bonchev–Trinajstić information content (AvgIpc) is 2.77. The number of thiophene rings is 1. The van der Waals surface area contributed by atoms with E-state index in [1.807, 2.05) is 19.1 Å². The van der Waals surface area contributed by atoms with Crippen LogP contribution in [0.15, 0.2) is 40.2 Å². The van der Waals surface area contributed by atoms with Crippen molar-refractivity contribution in [3.63, 3.8) is 0 Å². The van der Waals surface area contributed by atoms with Crippen LogP contribution < -0.4 is 5.73 Å². The Labute approximate surface area is 137 Å². The lowest BCUT2D eigenvalue weighted by Crippen LogP contribution is -2.36. The second kappa shape index (κ2) is 7.05. The van der Waals surface area contributed by atoms with Crippen LogP contribution in [0.2, 0.25) is 5.02 Å². The second-order valence-electron chi connectivity index (χ2n) is 5.00. The Balaban J connectivity index is 2.17. The molecule has 0 aliphatic rings. The first-order valence-corrected chi connectivity index (χ1v) is 8.46. The first-order chi connectivity index (χ1) is 9.47. The molecule has 0 amide bonds. The van der Waals surface area contributed by atoms with Gasteiger partial charge in [-0.15, -0.1) is 11.3 Å². The minimum absolute atomic E-state index is 0.0459. The Kier molecular flexibility index (Phi) is 5.64. The van der Waals surface area contributed by atoms with Gasteiger partial charge < -0.3 is 5.73 Å². The van der Waals surface area contributed by atoms with Crippen LogP contribution in [0.25, 0.3) is 0 Å². The van der Waals surface area contributed by atoms with Gasteiger partial charge in [0.25, 0.3) is 0 Å². The Morgan fingerprint density at radius 1 is 1.35 bits per heavy atom. The third-order valence-electron chi connectivity index (χ3n) is 3.21. The van der Waals surface area contributed by atoms with Gasteiger partial charge in [0.2, 0.25) is 0 Å². The molecule has 5 heteroatoms. The Morgan fingerprint density at radius 3 is 2.50 bits per heavy atom. The second-order valence-corrected chi connectivity index (χ2v) is 7.35. The van der Waals surface area contributed by atoms with Crippen molar-refractivity contribution in [3.8, 4) is 0 Å². The SMILES string of the molecule is CC(N)C(c1ccc(Cl)cc1)N(C)Cc1cc(Br)cs1. The topological polar surface area (TPSA) is 29.3 Å². The molecule has 20 heavy (non-hydrogen) atoms. The van der Waals surface area contributed by atoms with E-state index in [2.05, 4.69) is 51.5 Å². The average molecular weight is 374 g/mol. The van der Waals surface area contributed by atoms with Crippen LogP contribution in [0.1, 0.15) is 23.4 Å². The van der Waals surface area contributed by atoms with Gasteiger partial charge in [-0.25, -0.2) is 0 Å². The van der Waals surface area contributed by atoms with E-state index in [4.69, 9.17) is 17.3 Å². The van der Waals surface area contributed by atoms with Gasteiger partial charge in [-0.3, -0.25) is 4.90 Å². The minimum Gasteiger partial charge on any atom is -0.326 e. The van der Waals surface area contributed by atoms with E-state index < -0.39 is 0 Å². The van der Waals surface area contributed by atoms with E-state index in [0.29, 0.717) is 0 Å². The molecule has 2 unspecified atom stereocenters. The molecule has 1 aromatic heterocycles. The van der Waals surface area contributed by atoms with Gasteiger partial charge >= 0.3 is 0 Å². The maximum atomic E-state index is 6.19. The third-order valence-corrected chi connectivity index (χ3v) is 5.15. The first kappa shape index (κ1) is 16.0. The van der Waals surface area contributed by atoms with Gasteiger partial charge in [-0.05, 0) is 53.7 Å². The molecule has 2 rings (SSSR count).